The van der Waals surface area contributed by atoms with Crippen molar-refractivity contribution in [3.63, 3.8) is 0 Å². The van der Waals surface area contributed by atoms with Gasteiger partial charge in [-0.15, -0.1) is 0 Å². The maximum absolute atomic E-state index is 11.2. The van der Waals surface area contributed by atoms with Crippen molar-refractivity contribution in [1.82, 2.24) is 9.97 Å². The highest BCUT2D eigenvalue weighted by Gasteiger charge is 2.22. The Morgan fingerprint density at radius 3 is 2.57 bits per heavy atom. The molecule has 0 atom stereocenters. The van der Waals surface area contributed by atoms with Gasteiger partial charge < -0.3 is 10.6 Å². The van der Waals surface area contributed by atoms with E-state index in [-0.39, 0.29) is 17.3 Å². The Bertz CT molecular complexity index is 645. The second-order valence-electron chi connectivity index (χ2n) is 4.55. The standard InChI is InChI=1S/C14H17N5O2/c1-3-15-13-12(19(20)21)14(18-9-17-13)16-8-11-6-4-5-10(2)7-11/h4-7,9H,3,8H2,1-2H3,(H2,15,16,17,18). The van der Waals surface area contributed by atoms with Gasteiger partial charge in [0.05, 0.1) is 4.92 Å². The van der Waals surface area contributed by atoms with Crippen LogP contribution in [-0.2, 0) is 6.54 Å². The predicted molar refractivity (Wildman–Crippen MR) is 81.4 cm³/mol. The molecule has 21 heavy (non-hydrogen) atoms. The Hall–Kier alpha value is -2.70. The van der Waals surface area contributed by atoms with E-state index in [0.29, 0.717) is 13.1 Å². The first-order chi connectivity index (χ1) is 10.1. The molecule has 2 aromatic rings. The van der Waals surface area contributed by atoms with Crippen LogP contribution in [-0.4, -0.2) is 21.4 Å². The maximum Gasteiger partial charge on any atom is 0.353 e. The molecule has 0 aliphatic heterocycles. The summed E-state index contributed by atoms with van der Waals surface area (Å²) in [6.45, 7) is 4.87. The van der Waals surface area contributed by atoms with E-state index in [0.717, 1.165) is 11.1 Å². The lowest BCUT2D eigenvalue weighted by Gasteiger charge is -2.09. The largest absolute Gasteiger partial charge is 0.364 e. The Morgan fingerprint density at radius 1 is 1.24 bits per heavy atom. The summed E-state index contributed by atoms with van der Waals surface area (Å²) in [6, 6.07) is 7.92. The van der Waals surface area contributed by atoms with Gasteiger partial charge in [0.1, 0.15) is 6.33 Å². The zero-order valence-electron chi connectivity index (χ0n) is 12.0. The number of nitro groups is 1. The number of anilines is 2. The van der Waals surface area contributed by atoms with Gasteiger partial charge in [0.2, 0.25) is 11.6 Å². The molecule has 0 spiro atoms. The van der Waals surface area contributed by atoms with Gasteiger partial charge in [-0.1, -0.05) is 29.8 Å². The van der Waals surface area contributed by atoms with Crippen molar-refractivity contribution >= 4 is 17.3 Å². The molecule has 0 saturated carbocycles. The molecule has 0 fully saturated rings. The van der Waals surface area contributed by atoms with Crippen LogP contribution >= 0.6 is 0 Å². The molecule has 0 amide bonds. The van der Waals surface area contributed by atoms with E-state index in [2.05, 4.69) is 20.6 Å². The van der Waals surface area contributed by atoms with E-state index in [1.165, 1.54) is 6.33 Å². The minimum absolute atomic E-state index is 0.132. The fourth-order valence-corrected chi connectivity index (χ4v) is 1.99. The average molecular weight is 287 g/mol. The molecule has 110 valence electrons. The summed E-state index contributed by atoms with van der Waals surface area (Å²) in [4.78, 5) is 18.6. The van der Waals surface area contributed by atoms with Crippen LogP contribution in [0.3, 0.4) is 0 Å². The number of hydrogen-bond acceptors (Lipinski definition) is 6. The zero-order valence-corrected chi connectivity index (χ0v) is 12.0. The highest BCUT2D eigenvalue weighted by Crippen LogP contribution is 2.28. The first-order valence-corrected chi connectivity index (χ1v) is 6.64. The van der Waals surface area contributed by atoms with Gasteiger partial charge >= 0.3 is 5.69 Å². The number of hydrogen-bond donors (Lipinski definition) is 2. The second-order valence-corrected chi connectivity index (χ2v) is 4.55. The minimum atomic E-state index is -0.476. The molecule has 7 heteroatoms. The molecule has 1 aromatic heterocycles. The molecule has 0 bridgehead atoms. The van der Waals surface area contributed by atoms with Crippen LogP contribution in [0.2, 0.25) is 0 Å². The Morgan fingerprint density at radius 2 is 1.95 bits per heavy atom. The molecule has 1 aromatic carbocycles. The monoisotopic (exact) mass is 287 g/mol. The third-order valence-electron chi connectivity index (χ3n) is 2.89. The van der Waals surface area contributed by atoms with Crippen molar-refractivity contribution in [2.45, 2.75) is 20.4 Å². The van der Waals surface area contributed by atoms with Gasteiger partial charge in [0.25, 0.3) is 0 Å². The van der Waals surface area contributed by atoms with Gasteiger partial charge in [-0.3, -0.25) is 10.1 Å². The summed E-state index contributed by atoms with van der Waals surface area (Å²) in [5.41, 5.74) is 2.04. The zero-order chi connectivity index (χ0) is 15.2. The van der Waals surface area contributed by atoms with Crippen LogP contribution < -0.4 is 10.6 Å². The van der Waals surface area contributed by atoms with Crippen molar-refractivity contribution in [2.75, 3.05) is 17.2 Å². The molecular formula is C14H17N5O2. The van der Waals surface area contributed by atoms with Gasteiger partial charge in [-0.2, -0.15) is 0 Å². The van der Waals surface area contributed by atoms with E-state index in [1.807, 2.05) is 38.1 Å². The molecule has 7 nitrogen and oxygen atoms in total. The fraction of sp³-hybridized carbons (Fsp3) is 0.286. The van der Waals surface area contributed by atoms with Gasteiger partial charge in [-0.05, 0) is 19.4 Å². The number of nitrogens with one attached hydrogen (secondary N) is 2. The van der Waals surface area contributed by atoms with Crippen molar-refractivity contribution < 1.29 is 4.92 Å². The lowest BCUT2D eigenvalue weighted by molar-refractivity contribution is -0.383. The minimum Gasteiger partial charge on any atom is -0.364 e. The van der Waals surface area contributed by atoms with E-state index >= 15 is 0 Å². The van der Waals surface area contributed by atoms with Crippen LogP contribution in [0, 0.1) is 17.0 Å². The molecule has 0 aliphatic rings. The number of aryl methyl sites for hydroxylation is 1. The van der Waals surface area contributed by atoms with Gasteiger partial charge in [0.15, 0.2) is 0 Å². The third-order valence-corrected chi connectivity index (χ3v) is 2.89. The van der Waals surface area contributed by atoms with E-state index in [1.54, 1.807) is 0 Å². The second kappa shape index (κ2) is 6.65. The molecule has 1 heterocycles. The predicted octanol–water partition coefficient (Wildman–Crippen LogP) is 2.74. The Kier molecular flexibility index (Phi) is 4.65. The lowest BCUT2D eigenvalue weighted by atomic mass is 10.1. The highest BCUT2D eigenvalue weighted by molar-refractivity contribution is 5.69. The average Bonchev–Trinajstić information content (AvgIpc) is 2.45. The number of rotatable bonds is 6. The number of benzene rings is 1. The number of nitrogens with zero attached hydrogens (tertiary/aromatic N) is 3. The smallest absolute Gasteiger partial charge is 0.353 e. The summed E-state index contributed by atoms with van der Waals surface area (Å²) in [5, 5.41) is 17.1. The Labute approximate surface area is 122 Å². The molecule has 0 radical (unpaired) electrons. The molecule has 0 unspecified atom stereocenters. The quantitative estimate of drug-likeness (QED) is 0.627. The molecule has 0 saturated heterocycles. The topological polar surface area (TPSA) is 93.0 Å². The van der Waals surface area contributed by atoms with Crippen LogP contribution in [0.15, 0.2) is 30.6 Å². The van der Waals surface area contributed by atoms with Gasteiger partial charge in [0, 0.05) is 13.1 Å². The van der Waals surface area contributed by atoms with E-state index in [9.17, 15) is 10.1 Å². The van der Waals surface area contributed by atoms with Crippen LogP contribution in [0.25, 0.3) is 0 Å². The molecular weight excluding hydrogens is 270 g/mol. The summed E-state index contributed by atoms with van der Waals surface area (Å²) in [7, 11) is 0. The maximum atomic E-state index is 11.2. The first kappa shape index (κ1) is 14.7. The summed E-state index contributed by atoms with van der Waals surface area (Å²) in [5.74, 6) is 0.441. The highest BCUT2D eigenvalue weighted by atomic mass is 16.6. The van der Waals surface area contributed by atoms with Gasteiger partial charge in [-0.25, -0.2) is 9.97 Å². The molecule has 0 aliphatic carbocycles. The summed E-state index contributed by atoms with van der Waals surface area (Å²) < 4.78 is 0. The van der Waals surface area contributed by atoms with Crippen LogP contribution in [0.5, 0.6) is 0 Å². The summed E-state index contributed by atoms with van der Waals surface area (Å²) in [6.07, 6.45) is 1.31. The summed E-state index contributed by atoms with van der Waals surface area (Å²) >= 11 is 0. The Balaban J connectivity index is 2.23. The normalized spacial score (nSPS) is 10.2. The van der Waals surface area contributed by atoms with Crippen LogP contribution in [0.4, 0.5) is 17.3 Å². The SMILES string of the molecule is CCNc1ncnc(NCc2cccc(C)c2)c1[N+](=O)[O-]. The van der Waals surface area contributed by atoms with Crippen molar-refractivity contribution in [1.29, 1.82) is 0 Å². The first-order valence-electron chi connectivity index (χ1n) is 6.64. The van der Waals surface area contributed by atoms with Crippen molar-refractivity contribution in [3.8, 4) is 0 Å². The lowest BCUT2D eigenvalue weighted by Crippen LogP contribution is -2.09. The fourth-order valence-electron chi connectivity index (χ4n) is 1.99. The van der Waals surface area contributed by atoms with E-state index in [4.69, 9.17) is 0 Å². The van der Waals surface area contributed by atoms with Crippen molar-refractivity contribution in [3.05, 3.63) is 51.8 Å². The van der Waals surface area contributed by atoms with E-state index < -0.39 is 4.92 Å². The molecule has 2 N–H and O–H groups in total. The van der Waals surface area contributed by atoms with Crippen LogP contribution in [0.1, 0.15) is 18.1 Å². The number of aromatic nitrogens is 2. The van der Waals surface area contributed by atoms with Crippen molar-refractivity contribution in [2.24, 2.45) is 0 Å². The third kappa shape index (κ3) is 3.65. The molecule has 2 rings (SSSR count).